The van der Waals surface area contributed by atoms with Crippen molar-refractivity contribution in [3.05, 3.63) is 54.0 Å². The maximum absolute atomic E-state index is 12.6. The number of piperidine rings is 1. The van der Waals surface area contributed by atoms with Gasteiger partial charge in [0.15, 0.2) is 0 Å². The molecule has 2 aromatic rings. The zero-order chi connectivity index (χ0) is 20.3. The molecule has 0 N–H and O–H groups in total. The van der Waals surface area contributed by atoms with Gasteiger partial charge >= 0.3 is 0 Å². The minimum atomic E-state index is 0.106. The molecule has 1 aromatic carbocycles. The average Bonchev–Trinajstić information content (AvgIpc) is 3.40. The lowest BCUT2D eigenvalue weighted by molar-refractivity contribution is 0.0712. The first-order valence-corrected chi connectivity index (χ1v) is 10.8. The number of furan rings is 1. The number of amides is 1. The van der Waals surface area contributed by atoms with Gasteiger partial charge in [0.25, 0.3) is 5.91 Å². The van der Waals surface area contributed by atoms with Crippen molar-refractivity contribution in [2.75, 3.05) is 32.8 Å². The summed E-state index contributed by atoms with van der Waals surface area (Å²) in [5.74, 6) is 1.64. The number of hydrogen-bond donors (Lipinski definition) is 0. The van der Waals surface area contributed by atoms with Crippen LogP contribution in [0.25, 0.3) is 0 Å². The molecule has 1 amide bonds. The van der Waals surface area contributed by atoms with Crippen LogP contribution in [-0.2, 0) is 6.54 Å². The van der Waals surface area contributed by atoms with Gasteiger partial charge < -0.3 is 14.1 Å². The molecule has 3 heterocycles. The second kappa shape index (κ2) is 8.62. The van der Waals surface area contributed by atoms with Gasteiger partial charge in [0.1, 0.15) is 12.0 Å². The Morgan fingerprint density at radius 3 is 2.62 bits per heavy atom. The molecule has 0 radical (unpaired) electrons. The molecule has 2 fully saturated rings. The van der Waals surface area contributed by atoms with Crippen LogP contribution in [0.1, 0.15) is 49.0 Å². The van der Waals surface area contributed by atoms with Gasteiger partial charge in [0.05, 0.1) is 18.4 Å². The van der Waals surface area contributed by atoms with Gasteiger partial charge in [-0.15, -0.1) is 0 Å². The summed E-state index contributed by atoms with van der Waals surface area (Å²) in [7, 11) is 0. The van der Waals surface area contributed by atoms with Crippen LogP contribution < -0.4 is 4.74 Å². The van der Waals surface area contributed by atoms with Crippen molar-refractivity contribution >= 4 is 5.91 Å². The number of likely N-dealkylation sites (tertiary alicyclic amines) is 2. The fourth-order valence-corrected chi connectivity index (χ4v) is 4.54. The SMILES string of the molecule is CC(C)COc1ccccc1CN1CCC2(CC1)CCN(C(=O)c1ccoc1)C2. The highest BCUT2D eigenvalue weighted by molar-refractivity contribution is 5.94. The van der Waals surface area contributed by atoms with Gasteiger partial charge in [-0.3, -0.25) is 9.69 Å². The van der Waals surface area contributed by atoms with Crippen LogP contribution in [0.15, 0.2) is 47.3 Å². The fourth-order valence-electron chi connectivity index (χ4n) is 4.54. The van der Waals surface area contributed by atoms with Crippen molar-refractivity contribution in [1.82, 2.24) is 9.80 Å². The number of rotatable bonds is 6. The predicted octanol–water partition coefficient (Wildman–Crippen LogP) is 4.44. The number of benzene rings is 1. The number of hydrogen-bond acceptors (Lipinski definition) is 4. The molecule has 1 aromatic heterocycles. The Morgan fingerprint density at radius 1 is 1.14 bits per heavy atom. The lowest BCUT2D eigenvalue weighted by Crippen LogP contribution is -2.42. The molecule has 0 aliphatic carbocycles. The minimum absolute atomic E-state index is 0.106. The van der Waals surface area contributed by atoms with E-state index in [1.165, 1.54) is 5.56 Å². The lowest BCUT2D eigenvalue weighted by atomic mass is 9.77. The van der Waals surface area contributed by atoms with Gasteiger partial charge in [0.2, 0.25) is 0 Å². The van der Waals surface area contributed by atoms with Crippen molar-refractivity contribution in [1.29, 1.82) is 0 Å². The molecule has 156 valence electrons. The summed E-state index contributed by atoms with van der Waals surface area (Å²) in [6, 6.07) is 10.2. The summed E-state index contributed by atoms with van der Waals surface area (Å²) in [5, 5.41) is 0. The first-order chi connectivity index (χ1) is 14.0. The van der Waals surface area contributed by atoms with E-state index in [4.69, 9.17) is 9.15 Å². The van der Waals surface area contributed by atoms with Crippen molar-refractivity contribution in [2.24, 2.45) is 11.3 Å². The highest BCUT2D eigenvalue weighted by Gasteiger charge is 2.42. The van der Waals surface area contributed by atoms with Gasteiger partial charge in [-0.25, -0.2) is 0 Å². The molecule has 1 spiro atoms. The van der Waals surface area contributed by atoms with Gasteiger partial charge in [0, 0.05) is 25.2 Å². The number of ether oxygens (including phenoxy) is 1. The van der Waals surface area contributed by atoms with Crippen molar-refractivity contribution in [3.63, 3.8) is 0 Å². The monoisotopic (exact) mass is 396 g/mol. The van der Waals surface area contributed by atoms with Crippen molar-refractivity contribution in [2.45, 2.75) is 39.7 Å². The van der Waals surface area contributed by atoms with E-state index >= 15 is 0 Å². The lowest BCUT2D eigenvalue weighted by Gasteiger charge is -2.39. The fraction of sp³-hybridized carbons (Fsp3) is 0.542. The maximum Gasteiger partial charge on any atom is 0.257 e. The average molecular weight is 397 g/mol. The smallest absolute Gasteiger partial charge is 0.257 e. The Labute approximate surface area is 173 Å². The standard InChI is InChI=1S/C24H32N2O3/c1-19(2)16-29-22-6-4-3-5-20(22)15-25-11-8-24(9-12-25)10-13-26(18-24)23(27)21-7-14-28-17-21/h3-7,14,17,19H,8-13,15-16,18H2,1-2H3. The zero-order valence-corrected chi connectivity index (χ0v) is 17.6. The Kier molecular flexibility index (Phi) is 5.95. The minimum Gasteiger partial charge on any atom is -0.493 e. The van der Waals surface area contributed by atoms with E-state index in [2.05, 4.69) is 43.0 Å². The largest absolute Gasteiger partial charge is 0.493 e. The van der Waals surface area contributed by atoms with Gasteiger partial charge in [-0.1, -0.05) is 32.0 Å². The second-order valence-corrected chi connectivity index (χ2v) is 9.08. The molecular formula is C24H32N2O3. The van der Waals surface area contributed by atoms with Crippen LogP contribution >= 0.6 is 0 Å². The van der Waals surface area contributed by atoms with E-state index in [0.29, 0.717) is 11.5 Å². The third-order valence-electron chi connectivity index (χ3n) is 6.35. The number of nitrogens with zero attached hydrogens (tertiary/aromatic N) is 2. The molecular weight excluding hydrogens is 364 g/mol. The summed E-state index contributed by atoms with van der Waals surface area (Å²) < 4.78 is 11.1. The molecule has 5 nitrogen and oxygen atoms in total. The molecule has 0 unspecified atom stereocenters. The molecule has 29 heavy (non-hydrogen) atoms. The molecule has 2 aliphatic heterocycles. The molecule has 2 aliphatic rings. The Balaban J connectivity index is 1.32. The Morgan fingerprint density at radius 2 is 1.90 bits per heavy atom. The first kappa shape index (κ1) is 20.0. The van der Waals surface area contributed by atoms with Crippen LogP contribution in [0.3, 0.4) is 0 Å². The number of carbonyl (C=O) groups excluding carboxylic acids is 1. The summed E-state index contributed by atoms with van der Waals surface area (Å²) in [6.07, 6.45) is 6.53. The Hall–Kier alpha value is -2.27. The summed E-state index contributed by atoms with van der Waals surface area (Å²) in [6.45, 7) is 9.92. The van der Waals surface area contributed by atoms with Crippen LogP contribution in [0.5, 0.6) is 5.75 Å². The zero-order valence-electron chi connectivity index (χ0n) is 17.6. The van der Waals surface area contributed by atoms with Crippen LogP contribution in [0, 0.1) is 11.3 Å². The second-order valence-electron chi connectivity index (χ2n) is 9.08. The molecule has 0 saturated carbocycles. The topological polar surface area (TPSA) is 45.9 Å². The van der Waals surface area contributed by atoms with Gasteiger partial charge in [-0.05, 0) is 55.8 Å². The van der Waals surface area contributed by atoms with E-state index in [-0.39, 0.29) is 11.3 Å². The molecule has 4 rings (SSSR count). The third kappa shape index (κ3) is 4.67. The number of carbonyl (C=O) groups is 1. The molecule has 0 bridgehead atoms. The predicted molar refractivity (Wildman–Crippen MR) is 113 cm³/mol. The van der Waals surface area contributed by atoms with Crippen molar-refractivity contribution < 1.29 is 13.9 Å². The highest BCUT2D eigenvalue weighted by atomic mass is 16.5. The van der Waals surface area contributed by atoms with E-state index in [0.717, 1.165) is 64.3 Å². The van der Waals surface area contributed by atoms with Crippen LogP contribution in [-0.4, -0.2) is 48.5 Å². The van der Waals surface area contributed by atoms with Gasteiger partial charge in [-0.2, -0.15) is 0 Å². The Bertz CT molecular complexity index is 807. The molecule has 5 heteroatoms. The molecule has 0 atom stereocenters. The quantitative estimate of drug-likeness (QED) is 0.724. The van der Waals surface area contributed by atoms with E-state index in [9.17, 15) is 4.79 Å². The van der Waals surface area contributed by atoms with E-state index in [1.54, 1.807) is 18.6 Å². The van der Waals surface area contributed by atoms with E-state index in [1.807, 2.05) is 4.90 Å². The third-order valence-corrected chi connectivity index (χ3v) is 6.35. The maximum atomic E-state index is 12.6. The normalized spacial score (nSPS) is 19.2. The summed E-state index contributed by atoms with van der Waals surface area (Å²) in [5.41, 5.74) is 2.22. The number of para-hydroxylation sites is 1. The highest BCUT2D eigenvalue weighted by Crippen LogP contribution is 2.41. The van der Waals surface area contributed by atoms with Crippen LogP contribution in [0.4, 0.5) is 0 Å². The first-order valence-electron chi connectivity index (χ1n) is 10.8. The van der Waals surface area contributed by atoms with E-state index < -0.39 is 0 Å². The van der Waals surface area contributed by atoms with Crippen molar-refractivity contribution in [3.8, 4) is 5.75 Å². The molecule has 2 saturated heterocycles. The summed E-state index contributed by atoms with van der Waals surface area (Å²) >= 11 is 0. The summed E-state index contributed by atoms with van der Waals surface area (Å²) in [4.78, 5) is 17.2. The van der Waals surface area contributed by atoms with Crippen LogP contribution in [0.2, 0.25) is 0 Å².